The lowest BCUT2D eigenvalue weighted by Crippen LogP contribution is -2.18. The van der Waals surface area contributed by atoms with E-state index in [0.717, 1.165) is 29.2 Å². The number of hydrogen-bond acceptors (Lipinski definition) is 8. The first kappa shape index (κ1) is 26.3. The van der Waals surface area contributed by atoms with Crippen LogP contribution in [0.1, 0.15) is 29.8 Å². The number of aromatic nitrogens is 2. The van der Waals surface area contributed by atoms with Gasteiger partial charge in [0.2, 0.25) is 11.0 Å². The summed E-state index contributed by atoms with van der Waals surface area (Å²) in [6.07, 6.45) is -4.59. The van der Waals surface area contributed by atoms with E-state index in [4.69, 9.17) is 9.47 Å². The van der Waals surface area contributed by atoms with Gasteiger partial charge in [0.25, 0.3) is 5.91 Å². The van der Waals surface area contributed by atoms with Crippen LogP contribution in [0.2, 0.25) is 0 Å². The number of thioether (sulfide) groups is 1. The minimum atomic E-state index is -4.59. The van der Waals surface area contributed by atoms with E-state index in [-0.39, 0.29) is 16.6 Å². The molecule has 0 aliphatic heterocycles. The normalized spacial score (nSPS) is 11.1. The van der Waals surface area contributed by atoms with Crippen molar-refractivity contribution in [2.75, 3.05) is 29.6 Å². The fourth-order valence-electron chi connectivity index (χ4n) is 2.83. The number of para-hydroxylation sites is 1. The van der Waals surface area contributed by atoms with E-state index in [0.29, 0.717) is 34.6 Å². The SMILES string of the molecule is CCOc1ccc(C(=O)Nc2nnc(SCC(=O)Nc3ccccc3C(F)(F)F)s2)cc1OCC. The number of alkyl halides is 3. The molecule has 2 amide bonds. The van der Waals surface area contributed by atoms with Crippen molar-refractivity contribution in [3.63, 3.8) is 0 Å². The van der Waals surface area contributed by atoms with Gasteiger partial charge in [-0.25, -0.2) is 0 Å². The molecule has 1 aromatic heterocycles. The van der Waals surface area contributed by atoms with Gasteiger partial charge in [0, 0.05) is 5.56 Å². The number of carbonyl (C=O) groups is 2. The molecule has 0 unspecified atom stereocenters. The van der Waals surface area contributed by atoms with Gasteiger partial charge in [-0.05, 0) is 44.2 Å². The summed E-state index contributed by atoms with van der Waals surface area (Å²) < 4.78 is 50.6. The number of anilines is 2. The van der Waals surface area contributed by atoms with E-state index in [1.54, 1.807) is 18.2 Å². The standard InChI is InChI=1S/C22H21F3N4O4S2/c1-3-32-16-10-9-13(11-17(16)33-4-2)19(31)27-20-28-29-21(35-20)34-12-18(30)26-15-8-6-5-7-14(15)22(23,24)25/h5-11H,3-4,12H2,1-2H3,(H,26,30)(H,27,28,31). The van der Waals surface area contributed by atoms with Crippen LogP contribution in [0.15, 0.2) is 46.8 Å². The first-order valence-corrected chi connectivity index (χ1v) is 12.1. The molecule has 13 heteroatoms. The van der Waals surface area contributed by atoms with Gasteiger partial charge < -0.3 is 14.8 Å². The van der Waals surface area contributed by atoms with Gasteiger partial charge in [-0.1, -0.05) is 35.2 Å². The van der Waals surface area contributed by atoms with Gasteiger partial charge >= 0.3 is 6.18 Å². The molecule has 0 spiro atoms. The minimum Gasteiger partial charge on any atom is -0.490 e. The second-order valence-corrected chi connectivity index (χ2v) is 8.93. The minimum absolute atomic E-state index is 0.189. The van der Waals surface area contributed by atoms with Crippen LogP contribution in [0.4, 0.5) is 24.0 Å². The van der Waals surface area contributed by atoms with Crippen LogP contribution in [-0.4, -0.2) is 41.0 Å². The van der Waals surface area contributed by atoms with Crippen molar-refractivity contribution in [3.8, 4) is 11.5 Å². The van der Waals surface area contributed by atoms with Crippen LogP contribution in [0.25, 0.3) is 0 Å². The number of rotatable bonds is 10. The first-order valence-electron chi connectivity index (χ1n) is 10.3. The molecular weight excluding hydrogens is 505 g/mol. The van der Waals surface area contributed by atoms with Crippen LogP contribution >= 0.6 is 23.1 Å². The van der Waals surface area contributed by atoms with Gasteiger partial charge in [0.15, 0.2) is 15.8 Å². The summed E-state index contributed by atoms with van der Waals surface area (Å²) in [6, 6.07) is 9.51. The Labute approximate surface area is 207 Å². The number of carbonyl (C=O) groups excluding carboxylic acids is 2. The van der Waals surface area contributed by atoms with Crippen LogP contribution < -0.4 is 20.1 Å². The van der Waals surface area contributed by atoms with Crippen molar-refractivity contribution in [2.45, 2.75) is 24.4 Å². The number of nitrogens with zero attached hydrogens (tertiary/aromatic N) is 2. The molecule has 0 aliphatic rings. The van der Waals surface area contributed by atoms with E-state index in [1.807, 2.05) is 13.8 Å². The summed E-state index contributed by atoms with van der Waals surface area (Å²) in [6.45, 7) is 4.51. The lowest BCUT2D eigenvalue weighted by Gasteiger charge is -2.13. The molecule has 8 nitrogen and oxygen atoms in total. The van der Waals surface area contributed by atoms with Crippen molar-refractivity contribution in [1.29, 1.82) is 0 Å². The smallest absolute Gasteiger partial charge is 0.418 e. The Balaban J connectivity index is 1.58. The Morgan fingerprint density at radius 2 is 1.71 bits per heavy atom. The maximum atomic E-state index is 13.1. The lowest BCUT2D eigenvalue weighted by atomic mass is 10.1. The molecule has 0 saturated heterocycles. The van der Waals surface area contributed by atoms with Crippen molar-refractivity contribution in [3.05, 3.63) is 53.6 Å². The van der Waals surface area contributed by atoms with Crippen molar-refractivity contribution < 1.29 is 32.2 Å². The number of amides is 2. The second-order valence-electron chi connectivity index (χ2n) is 6.73. The third-order valence-corrected chi connectivity index (χ3v) is 6.24. The van der Waals surface area contributed by atoms with Crippen molar-refractivity contribution in [1.82, 2.24) is 10.2 Å². The average molecular weight is 527 g/mol. The van der Waals surface area contributed by atoms with Gasteiger partial charge in [-0.2, -0.15) is 13.2 Å². The summed E-state index contributed by atoms with van der Waals surface area (Å²) in [7, 11) is 0. The number of ether oxygens (including phenoxy) is 2. The van der Waals surface area contributed by atoms with Crippen molar-refractivity contribution in [2.24, 2.45) is 0 Å². The average Bonchev–Trinajstić information content (AvgIpc) is 3.26. The van der Waals surface area contributed by atoms with Crippen LogP contribution in [0, 0.1) is 0 Å². The fraction of sp³-hybridized carbons (Fsp3) is 0.273. The molecule has 0 fully saturated rings. The largest absolute Gasteiger partial charge is 0.490 e. The van der Waals surface area contributed by atoms with Gasteiger partial charge in [-0.15, -0.1) is 10.2 Å². The van der Waals surface area contributed by atoms with Gasteiger partial charge in [0.1, 0.15) is 0 Å². The third kappa shape index (κ3) is 7.33. The van der Waals surface area contributed by atoms with E-state index in [1.165, 1.54) is 18.2 Å². The van der Waals surface area contributed by atoms with Gasteiger partial charge in [0.05, 0.1) is 30.2 Å². The zero-order chi connectivity index (χ0) is 25.4. The maximum Gasteiger partial charge on any atom is 0.418 e. The van der Waals surface area contributed by atoms with Crippen LogP contribution in [-0.2, 0) is 11.0 Å². The summed E-state index contributed by atoms with van der Waals surface area (Å²) in [5.74, 6) is -0.301. The topological polar surface area (TPSA) is 102 Å². The molecule has 2 N–H and O–H groups in total. The zero-order valence-corrected chi connectivity index (χ0v) is 20.3. The quantitative estimate of drug-likeness (QED) is 0.272. The Hall–Kier alpha value is -3.32. The van der Waals surface area contributed by atoms with Crippen molar-refractivity contribution >= 4 is 45.7 Å². The molecule has 1 heterocycles. The van der Waals surface area contributed by atoms with Gasteiger partial charge in [-0.3, -0.25) is 14.9 Å². The number of benzene rings is 2. The molecular formula is C22H21F3N4O4S2. The predicted octanol–water partition coefficient (Wildman–Crippen LogP) is 5.34. The summed E-state index contributed by atoms with van der Waals surface area (Å²) >= 11 is 2.02. The first-order chi connectivity index (χ1) is 16.7. The Bertz CT molecular complexity index is 1190. The molecule has 35 heavy (non-hydrogen) atoms. The summed E-state index contributed by atoms with van der Waals surface area (Å²) in [5, 5.41) is 12.9. The highest BCUT2D eigenvalue weighted by molar-refractivity contribution is 8.01. The molecule has 3 aromatic rings. The maximum absolute atomic E-state index is 13.1. The van der Waals surface area contributed by atoms with Crippen LogP contribution in [0.5, 0.6) is 11.5 Å². The van der Waals surface area contributed by atoms with E-state index in [9.17, 15) is 22.8 Å². The summed E-state index contributed by atoms with van der Waals surface area (Å²) in [4.78, 5) is 24.8. The van der Waals surface area contributed by atoms with E-state index < -0.39 is 23.6 Å². The molecule has 0 atom stereocenters. The van der Waals surface area contributed by atoms with E-state index >= 15 is 0 Å². The molecule has 0 aliphatic carbocycles. The van der Waals surface area contributed by atoms with E-state index in [2.05, 4.69) is 20.8 Å². The Morgan fingerprint density at radius 3 is 2.43 bits per heavy atom. The summed E-state index contributed by atoms with van der Waals surface area (Å²) in [5.41, 5.74) is -0.928. The number of nitrogens with one attached hydrogen (secondary N) is 2. The Morgan fingerprint density at radius 1 is 1.00 bits per heavy atom. The lowest BCUT2D eigenvalue weighted by molar-refractivity contribution is -0.137. The molecule has 3 rings (SSSR count). The highest BCUT2D eigenvalue weighted by Gasteiger charge is 2.33. The molecule has 186 valence electrons. The molecule has 0 radical (unpaired) electrons. The number of hydrogen-bond donors (Lipinski definition) is 2. The monoisotopic (exact) mass is 526 g/mol. The molecule has 0 saturated carbocycles. The number of halogens is 3. The highest BCUT2D eigenvalue weighted by atomic mass is 32.2. The fourth-order valence-corrected chi connectivity index (χ4v) is 4.38. The second kappa shape index (κ2) is 11.9. The zero-order valence-electron chi connectivity index (χ0n) is 18.6. The molecule has 2 aromatic carbocycles. The highest BCUT2D eigenvalue weighted by Crippen LogP contribution is 2.35. The Kier molecular flexibility index (Phi) is 8.93. The predicted molar refractivity (Wildman–Crippen MR) is 127 cm³/mol. The van der Waals surface area contributed by atoms with Crippen LogP contribution in [0.3, 0.4) is 0 Å². The molecule has 0 bridgehead atoms. The third-order valence-electron chi connectivity index (χ3n) is 4.27.